The summed E-state index contributed by atoms with van der Waals surface area (Å²) in [5.74, 6) is 0. The van der Waals surface area contributed by atoms with Crippen molar-refractivity contribution < 1.29 is 8.42 Å². The van der Waals surface area contributed by atoms with Crippen LogP contribution in [0, 0.1) is 6.92 Å². The van der Waals surface area contributed by atoms with E-state index in [0.29, 0.717) is 5.56 Å². The minimum atomic E-state index is -3.63. The Morgan fingerprint density at radius 3 is 2.30 bits per heavy atom. The van der Waals surface area contributed by atoms with Gasteiger partial charge in [0.25, 0.3) is 10.0 Å². The summed E-state index contributed by atoms with van der Waals surface area (Å²) >= 11 is 0. The van der Waals surface area contributed by atoms with E-state index in [1.807, 2.05) is 30.3 Å². The second-order valence-corrected chi connectivity index (χ2v) is 5.87. The first-order valence-electron chi connectivity index (χ1n) is 6.17. The first kappa shape index (κ1) is 14.2. The van der Waals surface area contributed by atoms with Gasteiger partial charge in [0, 0.05) is 6.21 Å². The van der Waals surface area contributed by atoms with Gasteiger partial charge in [-0.05, 0) is 30.2 Å². The van der Waals surface area contributed by atoms with Gasteiger partial charge in [-0.3, -0.25) is 0 Å². The quantitative estimate of drug-likeness (QED) is 0.807. The monoisotopic (exact) mass is 285 g/mol. The zero-order valence-corrected chi connectivity index (χ0v) is 11.9. The van der Waals surface area contributed by atoms with Crippen molar-refractivity contribution in [3.63, 3.8) is 0 Å². The Bertz CT molecular complexity index is 732. The molecule has 0 unspecified atom stereocenters. The fourth-order valence-electron chi connectivity index (χ4n) is 1.74. The molecule has 0 aliphatic heterocycles. The Morgan fingerprint density at radius 1 is 0.950 bits per heavy atom. The lowest BCUT2D eigenvalue weighted by atomic mass is 10.2. The lowest BCUT2D eigenvalue weighted by molar-refractivity contribution is 0.597. The molecular formula is C16H15NO2S. The summed E-state index contributed by atoms with van der Waals surface area (Å²) < 4.78 is 27.7. The fraction of sp³-hybridized carbons (Fsp3) is 0.0625. The molecule has 0 radical (unpaired) electrons. The summed E-state index contributed by atoms with van der Waals surface area (Å²) in [7, 11) is -3.63. The molecule has 0 saturated carbocycles. The normalized spacial score (nSPS) is 12.2. The number of hydrogen-bond donors (Lipinski definition) is 0. The van der Waals surface area contributed by atoms with Crippen LogP contribution < -0.4 is 0 Å². The Kier molecular flexibility index (Phi) is 4.48. The Morgan fingerprint density at radius 2 is 1.60 bits per heavy atom. The maximum absolute atomic E-state index is 12.0. The van der Waals surface area contributed by atoms with Crippen molar-refractivity contribution in [1.29, 1.82) is 0 Å². The van der Waals surface area contributed by atoms with Crippen molar-refractivity contribution in [3.05, 3.63) is 71.8 Å². The van der Waals surface area contributed by atoms with Crippen LogP contribution in [0.3, 0.4) is 0 Å². The lowest BCUT2D eigenvalue weighted by Gasteiger charge is -2.01. The number of rotatable bonds is 4. The highest BCUT2D eigenvalue weighted by atomic mass is 32.2. The van der Waals surface area contributed by atoms with Gasteiger partial charge in [0.1, 0.15) is 0 Å². The molecule has 0 bridgehead atoms. The number of nitrogens with zero attached hydrogens (tertiary/aromatic N) is 1. The van der Waals surface area contributed by atoms with Gasteiger partial charge in [-0.2, -0.15) is 12.8 Å². The third-order valence-electron chi connectivity index (χ3n) is 2.75. The van der Waals surface area contributed by atoms with E-state index in [0.717, 1.165) is 5.56 Å². The molecule has 0 spiro atoms. The van der Waals surface area contributed by atoms with Crippen LogP contribution in [-0.4, -0.2) is 14.6 Å². The minimum absolute atomic E-state index is 0.240. The van der Waals surface area contributed by atoms with E-state index < -0.39 is 10.0 Å². The highest BCUT2D eigenvalue weighted by Crippen LogP contribution is 2.16. The average Bonchev–Trinajstić information content (AvgIpc) is 2.45. The lowest BCUT2D eigenvalue weighted by Crippen LogP contribution is -1.99. The standard InChI is InChI=1S/C16H15NO2S/c1-14-8-5-6-12-16(14)20(18,19)17-13-7-11-15-9-3-2-4-10-15/h2-13H,1H3/b11-7+,17-13+. The molecule has 2 aromatic rings. The van der Waals surface area contributed by atoms with Crippen LogP contribution in [0.25, 0.3) is 6.08 Å². The van der Waals surface area contributed by atoms with Crippen molar-refractivity contribution in [1.82, 2.24) is 0 Å². The Balaban J connectivity index is 2.15. The predicted molar refractivity (Wildman–Crippen MR) is 82.3 cm³/mol. The van der Waals surface area contributed by atoms with Crippen LogP contribution >= 0.6 is 0 Å². The zero-order chi connectivity index (χ0) is 14.4. The van der Waals surface area contributed by atoms with Gasteiger partial charge >= 0.3 is 0 Å². The first-order chi connectivity index (χ1) is 9.59. The molecule has 20 heavy (non-hydrogen) atoms. The van der Waals surface area contributed by atoms with Crippen LogP contribution in [0.4, 0.5) is 0 Å². The van der Waals surface area contributed by atoms with E-state index in [2.05, 4.69) is 4.40 Å². The molecule has 102 valence electrons. The molecule has 0 fully saturated rings. The van der Waals surface area contributed by atoms with E-state index >= 15 is 0 Å². The van der Waals surface area contributed by atoms with Gasteiger partial charge in [-0.25, -0.2) is 0 Å². The molecule has 4 heteroatoms. The summed E-state index contributed by atoms with van der Waals surface area (Å²) in [6, 6.07) is 16.4. The number of benzene rings is 2. The van der Waals surface area contributed by atoms with E-state index in [-0.39, 0.29) is 4.90 Å². The summed E-state index contributed by atoms with van der Waals surface area (Å²) in [6.07, 6.45) is 4.72. The number of aryl methyl sites for hydroxylation is 1. The van der Waals surface area contributed by atoms with E-state index in [9.17, 15) is 8.42 Å². The minimum Gasteiger partial charge on any atom is -0.199 e. The smallest absolute Gasteiger partial charge is 0.199 e. The molecule has 3 nitrogen and oxygen atoms in total. The zero-order valence-electron chi connectivity index (χ0n) is 11.1. The maximum atomic E-state index is 12.0. The molecule has 0 saturated heterocycles. The molecule has 0 heterocycles. The molecular weight excluding hydrogens is 270 g/mol. The fourth-order valence-corrected chi connectivity index (χ4v) is 2.81. The second kappa shape index (κ2) is 6.30. The van der Waals surface area contributed by atoms with Crippen LogP contribution in [-0.2, 0) is 10.0 Å². The van der Waals surface area contributed by atoms with Crippen molar-refractivity contribution >= 4 is 22.3 Å². The van der Waals surface area contributed by atoms with Crippen LogP contribution in [0.5, 0.6) is 0 Å². The summed E-state index contributed by atoms with van der Waals surface area (Å²) in [5, 5.41) is 0. The van der Waals surface area contributed by atoms with Gasteiger partial charge in [0.05, 0.1) is 4.90 Å². The van der Waals surface area contributed by atoms with Crippen LogP contribution in [0.1, 0.15) is 11.1 Å². The van der Waals surface area contributed by atoms with Gasteiger partial charge in [-0.1, -0.05) is 54.6 Å². The Labute approximate surface area is 119 Å². The largest absolute Gasteiger partial charge is 0.282 e. The van der Waals surface area contributed by atoms with E-state index in [1.165, 1.54) is 6.21 Å². The molecule has 0 amide bonds. The molecule has 0 aromatic heterocycles. The molecule has 0 aliphatic carbocycles. The van der Waals surface area contributed by atoms with E-state index in [1.54, 1.807) is 43.3 Å². The van der Waals surface area contributed by atoms with Gasteiger partial charge < -0.3 is 0 Å². The van der Waals surface area contributed by atoms with Crippen molar-refractivity contribution in [3.8, 4) is 0 Å². The summed E-state index contributed by atoms with van der Waals surface area (Å²) in [4.78, 5) is 0.240. The number of allylic oxidation sites excluding steroid dienone is 1. The van der Waals surface area contributed by atoms with Crippen molar-refractivity contribution in [2.75, 3.05) is 0 Å². The number of sulfonamides is 1. The predicted octanol–water partition coefficient (Wildman–Crippen LogP) is 3.47. The third-order valence-corrected chi connectivity index (χ3v) is 4.16. The summed E-state index contributed by atoms with van der Waals surface area (Å²) in [6.45, 7) is 1.75. The first-order valence-corrected chi connectivity index (χ1v) is 7.61. The van der Waals surface area contributed by atoms with Gasteiger partial charge in [-0.15, -0.1) is 0 Å². The SMILES string of the molecule is Cc1ccccc1S(=O)(=O)/N=C/C=C/c1ccccc1. The topological polar surface area (TPSA) is 46.5 Å². The highest BCUT2D eigenvalue weighted by molar-refractivity contribution is 7.90. The summed E-state index contributed by atoms with van der Waals surface area (Å²) in [5.41, 5.74) is 1.68. The average molecular weight is 285 g/mol. The number of hydrogen-bond acceptors (Lipinski definition) is 2. The molecule has 0 atom stereocenters. The van der Waals surface area contributed by atoms with E-state index in [4.69, 9.17) is 0 Å². The van der Waals surface area contributed by atoms with Crippen molar-refractivity contribution in [2.24, 2.45) is 4.40 Å². The third kappa shape index (κ3) is 3.65. The van der Waals surface area contributed by atoms with Gasteiger partial charge in [0.15, 0.2) is 0 Å². The van der Waals surface area contributed by atoms with Crippen LogP contribution in [0.2, 0.25) is 0 Å². The Hall–Kier alpha value is -2.20. The molecule has 0 aliphatic rings. The molecule has 0 N–H and O–H groups in total. The maximum Gasteiger partial charge on any atom is 0.282 e. The van der Waals surface area contributed by atoms with Gasteiger partial charge in [0.2, 0.25) is 0 Å². The van der Waals surface area contributed by atoms with Crippen LogP contribution in [0.15, 0.2) is 70.0 Å². The second-order valence-electron chi connectivity index (χ2n) is 4.26. The van der Waals surface area contributed by atoms with Crippen molar-refractivity contribution in [2.45, 2.75) is 11.8 Å². The highest BCUT2D eigenvalue weighted by Gasteiger charge is 2.13. The molecule has 2 rings (SSSR count). The molecule has 2 aromatic carbocycles.